The van der Waals surface area contributed by atoms with Crippen LogP contribution in [0.2, 0.25) is 0 Å². The minimum Gasteiger partial charge on any atom is -0.0984 e. The third kappa shape index (κ3) is 2.17. The monoisotopic (exact) mass is 338 g/mol. The molecule has 1 rings (SSSR count). The van der Waals surface area contributed by atoms with Gasteiger partial charge in [0, 0.05) is 19.0 Å². The fraction of sp³-hybridized carbons (Fsp3) is 0. The average molecular weight is 341 g/mol. The number of benzene rings is 1. The van der Waals surface area contributed by atoms with Gasteiger partial charge >= 0.3 is 0 Å². The molecule has 0 aliphatic carbocycles. The minimum atomic E-state index is 1.04. The summed E-state index contributed by atoms with van der Waals surface area (Å²) in [5.74, 6) is 0. The summed E-state index contributed by atoms with van der Waals surface area (Å²) >= 11 is 10.2. The fourth-order valence-electron chi connectivity index (χ4n) is 0.748. The van der Waals surface area contributed by atoms with Gasteiger partial charge in [0.15, 0.2) is 0 Å². The maximum atomic E-state index is 3.71. The van der Waals surface area contributed by atoms with E-state index in [9.17, 15) is 0 Å². The summed E-state index contributed by atoms with van der Waals surface area (Å²) < 4.78 is 3.12. The third-order valence-electron chi connectivity index (χ3n) is 1.25. The summed E-state index contributed by atoms with van der Waals surface area (Å²) in [6, 6.07) is 3.98. The zero-order chi connectivity index (χ0) is 8.43. The smallest absolute Gasteiger partial charge is 0.0270 e. The van der Waals surface area contributed by atoms with Gasteiger partial charge in [-0.15, -0.1) is 0 Å². The van der Waals surface area contributed by atoms with Crippen LogP contribution in [0, 0.1) is 0 Å². The van der Waals surface area contributed by atoms with Crippen LogP contribution in [0.5, 0.6) is 0 Å². The van der Waals surface area contributed by atoms with Crippen LogP contribution in [0.1, 0.15) is 5.56 Å². The van der Waals surface area contributed by atoms with Crippen molar-refractivity contribution in [3.63, 3.8) is 0 Å². The summed E-state index contributed by atoms with van der Waals surface area (Å²) in [5, 5.41) is 0. The average Bonchev–Trinajstić information content (AvgIpc) is 1.85. The van der Waals surface area contributed by atoms with Crippen LogP contribution in [-0.2, 0) is 0 Å². The van der Waals surface area contributed by atoms with Gasteiger partial charge in [-0.2, -0.15) is 0 Å². The molecule has 0 aliphatic rings. The molecule has 0 nitrogen and oxygen atoms in total. The van der Waals surface area contributed by atoms with Gasteiger partial charge in [0.1, 0.15) is 0 Å². The molecule has 0 aliphatic heterocycles. The van der Waals surface area contributed by atoms with Crippen LogP contribution in [0.15, 0.2) is 32.1 Å². The topological polar surface area (TPSA) is 0 Å². The first kappa shape index (κ1) is 9.49. The van der Waals surface area contributed by atoms with Crippen LogP contribution in [0.4, 0.5) is 0 Å². The molecule has 0 spiro atoms. The number of rotatable bonds is 1. The predicted molar refractivity (Wildman–Crippen MR) is 59.6 cm³/mol. The van der Waals surface area contributed by atoms with E-state index in [-0.39, 0.29) is 0 Å². The van der Waals surface area contributed by atoms with E-state index < -0.39 is 0 Å². The van der Waals surface area contributed by atoms with Gasteiger partial charge in [-0.1, -0.05) is 60.4 Å². The molecule has 0 saturated heterocycles. The second kappa shape index (κ2) is 3.87. The molecule has 1 aromatic carbocycles. The molecule has 0 fully saturated rings. The zero-order valence-electron chi connectivity index (χ0n) is 5.57. The first-order chi connectivity index (χ1) is 5.15. The van der Waals surface area contributed by atoms with Crippen molar-refractivity contribution in [2.75, 3.05) is 0 Å². The summed E-state index contributed by atoms with van der Waals surface area (Å²) in [4.78, 5) is 0. The standard InChI is InChI=1S/C8H5Br3/c1-2-6-7(10)3-5(9)4-8(6)11/h2-4H,1H2. The molecule has 0 bridgehead atoms. The van der Waals surface area contributed by atoms with Gasteiger partial charge in [0.2, 0.25) is 0 Å². The Bertz CT molecular complexity index is 268. The molecule has 3 heteroatoms. The summed E-state index contributed by atoms with van der Waals surface area (Å²) in [6.45, 7) is 3.71. The lowest BCUT2D eigenvalue weighted by Gasteiger charge is -2.01. The van der Waals surface area contributed by atoms with Crippen LogP contribution in [-0.4, -0.2) is 0 Å². The third-order valence-corrected chi connectivity index (χ3v) is 3.02. The van der Waals surface area contributed by atoms with Crippen molar-refractivity contribution in [3.05, 3.63) is 37.7 Å². The Kier molecular flexibility index (Phi) is 3.34. The maximum absolute atomic E-state index is 3.71. The molecule has 0 atom stereocenters. The summed E-state index contributed by atoms with van der Waals surface area (Å²) in [7, 11) is 0. The Morgan fingerprint density at radius 3 is 1.91 bits per heavy atom. The molecular formula is C8H5Br3. The van der Waals surface area contributed by atoms with Crippen LogP contribution >= 0.6 is 47.8 Å². The van der Waals surface area contributed by atoms with E-state index in [1.54, 1.807) is 6.08 Å². The minimum absolute atomic E-state index is 1.04. The van der Waals surface area contributed by atoms with Crippen LogP contribution in [0.3, 0.4) is 0 Å². The Balaban J connectivity index is 3.36. The maximum Gasteiger partial charge on any atom is 0.0270 e. The second-order valence-corrected chi connectivity index (χ2v) is 4.61. The lowest BCUT2D eigenvalue weighted by atomic mass is 10.2. The molecule has 0 amide bonds. The van der Waals surface area contributed by atoms with Crippen molar-refractivity contribution in [2.45, 2.75) is 0 Å². The second-order valence-electron chi connectivity index (χ2n) is 1.99. The molecule has 11 heavy (non-hydrogen) atoms. The van der Waals surface area contributed by atoms with Crippen molar-refractivity contribution in [1.29, 1.82) is 0 Å². The van der Waals surface area contributed by atoms with Gasteiger partial charge in [-0.3, -0.25) is 0 Å². The Hall–Kier alpha value is 0.400. The quantitative estimate of drug-likeness (QED) is 0.700. The molecule has 0 N–H and O–H groups in total. The number of hydrogen-bond donors (Lipinski definition) is 0. The number of halogens is 3. The molecular weight excluding hydrogens is 336 g/mol. The highest BCUT2D eigenvalue weighted by Gasteiger charge is 2.01. The molecule has 0 saturated carbocycles. The highest BCUT2D eigenvalue weighted by molar-refractivity contribution is 9.11. The van der Waals surface area contributed by atoms with E-state index in [0.717, 1.165) is 19.0 Å². The van der Waals surface area contributed by atoms with E-state index in [4.69, 9.17) is 0 Å². The normalized spacial score (nSPS) is 9.73. The lowest BCUT2D eigenvalue weighted by Crippen LogP contribution is -1.78. The Labute approximate surface area is 91.1 Å². The summed E-state index contributed by atoms with van der Waals surface area (Å²) in [6.07, 6.45) is 1.81. The van der Waals surface area contributed by atoms with Crippen molar-refractivity contribution in [3.8, 4) is 0 Å². The first-order valence-electron chi connectivity index (χ1n) is 2.92. The van der Waals surface area contributed by atoms with Gasteiger partial charge < -0.3 is 0 Å². The largest absolute Gasteiger partial charge is 0.0984 e. The molecule has 1 aromatic rings. The van der Waals surface area contributed by atoms with Crippen LogP contribution in [0.25, 0.3) is 6.08 Å². The van der Waals surface area contributed by atoms with Gasteiger partial charge in [0.05, 0.1) is 0 Å². The molecule has 58 valence electrons. The highest BCUT2D eigenvalue weighted by atomic mass is 79.9. The lowest BCUT2D eigenvalue weighted by molar-refractivity contribution is 1.52. The zero-order valence-corrected chi connectivity index (χ0v) is 10.3. The molecule has 0 unspecified atom stereocenters. The SMILES string of the molecule is C=Cc1c(Br)cc(Br)cc1Br. The van der Waals surface area contributed by atoms with E-state index in [2.05, 4.69) is 54.4 Å². The predicted octanol–water partition coefficient (Wildman–Crippen LogP) is 4.62. The van der Waals surface area contributed by atoms with E-state index in [1.807, 2.05) is 12.1 Å². The van der Waals surface area contributed by atoms with E-state index in [0.29, 0.717) is 0 Å². The summed E-state index contributed by atoms with van der Waals surface area (Å²) in [5.41, 5.74) is 1.08. The Morgan fingerprint density at radius 1 is 1.09 bits per heavy atom. The van der Waals surface area contributed by atoms with Gasteiger partial charge in [-0.25, -0.2) is 0 Å². The molecule has 0 heterocycles. The van der Waals surface area contributed by atoms with Crippen molar-refractivity contribution in [1.82, 2.24) is 0 Å². The highest BCUT2D eigenvalue weighted by Crippen LogP contribution is 2.30. The molecule has 0 radical (unpaired) electrons. The number of hydrogen-bond acceptors (Lipinski definition) is 0. The van der Waals surface area contributed by atoms with E-state index >= 15 is 0 Å². The van der Waals surface area contributed by atoms with Crippen LogP contribution < -0.4 is 0 Å². The van der Waals surface area contributed by atoms with Gasteiger partial charge in [0.25, 0.3) is 0 Å². The van der Waals surface area contributed by atoms with Crippen molar-refractivity contribution < 1.29 is 0 Å². The Morgan fingerprint density at radius 2 is 1.55 bits per heavy atom. The van der Waals surface area contributed by atoms with Crippen molar-refractivity contribution in [2.24, 2.45) is 0 Å². The molecule has 0 aromatic heterocycles. The van der Waals surface area contributed by atoms with E-state index in [1.165, 1.54) is 0 Å². The van der Waals surface area contributed by atoms with Gasteiger partial charge in [-0.05, 0) is 12.1 Å². The first-order valence-corrected chi connectivity index (χ1v) is 5.30. The fourth-order valence-corrected chi connectivity index (χ4v) is 3.33. The van der Waals surface area contributed by atoms with Crippen molar-refractivity contribution >= 4 is 53.9 Å².